The third-order valence-corrected chi connectivity index (χ3v) is 10.8. The SMILES string of the molecule is CNCc1cc(O)cc(C(CO)(Cc2ccc(O)c(OC)c2)C(=O)CC(O)C(Cc2cc[nH]c2)Cc2ccc(O)c(OC)c2Cc2cccc3ccccc23)c1. The summed E-state index contributed by atoms with van der Waals surface area (Å²) in [7, 11) is 4.73. The molecule has 0 aliphatic heterocycles. The van der Waals surface area contributed by atoms with E-state index >= 15 is 0 Å². The van der Waals surface area contributed by atoms with Crippen LogP contribution in [0.2, 0.25) is 0 Å². The number of Topliss-reactive ketones (excluding diaryl/α,β-unsaturated/α-hetero) is 1. The number of aromatic hydroxyl groups is 3. The number of aromatic nitrogens is 1. The predicted molar refractivity (Wildman–Crippen MR) is 217 cm³/mol. The Bertz CT molecular complexity index is 2260. The number of hydrogen-bond acceptors (Lipinski definition) is 9. The van der Waals surface area contributed by atoms with Crippen LogP contribution < -0.4 is 14.8 Å². The van der Waals surface area contributed by atoms with Crippen LogP contribution in [-0.4, -0.2) is 70.3 Å². The van der Waals surface area contributed by atoms with Crippen molar-refractivity contribution in [3.05, 3.63) is 148 Å². The van der Waals surface area contributed by atoms with Crippen molar-refractivity contribution in [1.82, 2.24) is 10.3 Å². The van der Waals surface area contributed by atoms with E-state index in [-0.39, 0.29) is 35.8 Å². The molecule has 7 N–H and O–H groups in total. The number of phenolic OH excluding ortho intramolecular Hbond substituents is 3. The topological polar surface area (TPSA) is 164 Å². The minimum absolute atomic E-state index is 0.000951. The molecule has 0 aliphatic carbocycles. The van der Waals surface area contributed by atoms with Crippen LogP contribution in [0, 0.1) is 5.92 Å². The van der Waals surface area contributed by atoms with Gasteiger partial charge in [0.25, 0.3) is 0 Å². The lowest BCUT2D eigenvalue weighted by atomic mass is 9.70. The zero-order chi connectivity index (χ0) is 39.8. The number of nitrogens with one attached hydrogen (secondary N) is 2. The van der Waals surface area contributed by atoms with Crippen molar-refractivity contribution in [2.75, 3.05) is 27.9 Å². The zero-order valence-electron chi connectivity index (χ0n) is 32.0. The normalized spacial score (nSPS) is 13.6. The maximum atomic E-state index is 14.9. The Morgan fingerprint density at radius 2 is 1.61 bits per heavy atom. The highest BCUT2D eigenvalue weighted by atomic mass is 16.5. The van der Waals surface area contributed by atoms with Gasteiger partial charge in [0.2, 0.25) is 0 Å². The summed E-state index contributed by atoms with van der Waals surface area (Å²) < 4.78 is 11.1. The number of aromatic amines is 1. The van der Waals surface area contributed by atoms with Crippen molar-refractivity contribution >= 4 is 16.6 Å². The van der Waals surface area contributed by atoms with Gasteiger partial charge in [-0.3, -0.25) is 4.79 Å². The van der Waals surface area contributed by atoms with Crippen molar-refractivity contribution in [2.45, 2.75) is 50.2 Å². The van der Waals surface area contributed by atoms with Crippen molar-refractivity contribution in [3.63, 3.8) is 0 Å². The Balaban J connectivity index is 1.39. The Hall–Kier alpha value is -5.81. The van der Waals surface area contributed by atoms with Crippen molar-refractivity contribution < 1.29 is 39.8 Å². The molecule has 0 saturated carbocycles. The van der Waals surface area contributed by atoms with E-state index in [1.807, 2.05) is 42.7 Å². The second-order valence-electron chi connectivity index (χ2n) is 14.5. The molecule has 0 radical (unpaired) electrons. The molecule has 0 aliphatic rings. The van der Waals surface area contributed by atoms with E-state index < -0.39 is 29.8 Å². The van der Waals surface area contributed by atoms with Gasteiger partial charge in [-0.05, 0) is 113 Å². The van der Waals surface area contributed by atoms with Gasteiger partial charge >= 0.3 is 0 Å². The summed E-state index contributed by atoms with van der Waals surface area (Å²) in [5.74, 6) is -0.461. The van der Waals surface area contributed by atoms with Crippen molar-refractivity contribution in [2.24, 2.45) is 5.92 Å². The smallest absolute Gasteiger partial charge is 0.164 e. The number of benzene rings is 5. The molecule has 0 spiro atoms. The second-order valence-corrected chi connectivity index (χ2v) is 14.5. The first kappa shape index (κ1) is 39.9. The first-order valence-corrected chi connectivity index (χ1v) is 18.7. The quantitative estimate of drug-likeness (QED) is 0.0518. The summed E-state index contributed by atoms with van der Waals surface area (Å²) in [4.78, 5) is 18.0. The molecule has 1 heterocycles. The highest BCUT2D eigenvalue weighted by Gasteiger charge is 2.42. The standard InChI is InChI=1S/C46H50N2O8/c1-47-26-31-18-36(23-37(50)19-31)46(28-49,25-29-11-13-40(51)43(20-29)55-2)44(54)24-42(53)35(17-30-15-16-48-27-30)21-34-12-14-41(52)45(56-3)39(34)22-33-9-6-8-32-7-4-5-10-38(32)33/h4-16,18-20,23,27,35,42,47-53H,17,21-22,24-26,28H2,1-3H3. The Kier molecular flexibility index (Phi) is 12.6. The third-order valence-electron chi connectivity index (χ3n) is 10.8. The molecular formula is C46H50N2O8. The van der Waals surface area contributed by atoms with Crippen LogP contribution in [-0.2, 0) is 42.4 Å². The van der Waals surface area contributed by atoms with Gasteiger partial charge in [0.15, 0.2) is 23.0 Å². The average Bonchev–Trinajstić information content (AvgIpc) is 3.71. The van der Waals surface area contributed by atoms with Gasteiger partial charge in [0.05, 0.1) is 32.3 Å². The van der Waals surface area contributed by atoms with Crippen molar-refractivity contribution in [3.8, 4) is 28.7 Å². The molecule has 0 bridgehead atoms. The number of phenols is 3. The number of methoxy groups -OCH3 is 2. The van der Waals surface area contributed by atoms with E-state index in [0.717, 1.165) is 33.0 Å². The maximum Gasteiger partial charge on any atom is 0.164 e. The molecule has 3 unspecified atom stereocenters. The molecular weight excluding hydrogens is 709 g/mol. The first-order valence-electron chi connectivity index (χ1n) is 18.7. The van der Waals surface area contributed by atoms with Crippen LogP contribution in [0.3, 0.4) is 0 Å². The number of aliphatic hydroxyl groups excluding tert-OH is 2. The van der Waals surface area contributed by atoms with E-state index in [4.69, 9.17) is 9.47 Å². The van der Waals surface area contributed by atoms with E-state index in [9.17, 15) is 30.3 Å². The summed E-state index contributed by atoms with van der Waals surface area (Å²) in [6, 6.07) is 29.2. The number of ketones is 1. The summed E-state index contributed by atoms with van der Waals surface area (Å²) in [6.07, 6.45) is 3.42. The van der Waals surface area contributed by atoms with Gasteiger partial charge in [0.1, 0.15) is 11.5 Å². The van der Waals surface area contributed by atoms with Crippen LogP contribution in [0.25, 0.3) is 10.8 Å². The summed E-state index contributed by atoms with van der Waals surface area (Å²) >= 11 is 0. The van der Waals surface area contributed by atoms with Crippen molar-refractivity contribution in [1.29, 1.82) is 0 Å². The van der Waals surface area contributed by atoms with Crippen LogP contribution in [0.5, 0.6) is 28.7 Å². The van der Waals surface area contributed by atoms with E-state index in [1.54, 1.807) is 37.4 Å². The van der Waals surface area contributed by atoms with Crippen LogP contribution in [0.1, 0.15) is 45.4 Å². The number of hydrogen-bond donors (Lipinski definition) is 7. The van der Waals surface area contributed by atoms with Gasteiger partial charge in [-0.15, -0.1) is 0 Å². The van der Waals surface area contributed by atoms with Crippen LogP contribution >= 0.6 is 0 Å². The minimum Gasteiger partial charge on any atom is -0.508 e. The summed E-state index contributed by atoms with van der Waals surface area (Å²) in [5, 5.41) is 60.8. The Morgan fingerprint density at radius 1 is 0.821 bits per heavy atom. The number of carbonyl (C=O) groups is 1. The molecule has 10 nitrogen and oxygen atoms in total. The number of rotatable bonds is 18. The lowest BCUT2D eigenvalue weighted by Crippen LogP contribution is -2.44. The number of ether oxygens (including phenoxy) is 2. The predicted octanol–water partition coefficient (Wildman–Crippen LogP) is 6.51. The molecule has 1 aromatic heterocycles. The number of H-pyrrole nitrogens is 1. The summed E-state index contributed by atoms with van der Waals surface area (Å²) in [6.45, 7) is -0.209. The average molecular weight is 759 g/mol. The maximum absolute atomic E-state index is 14.9. The van der Waals surface area contributed by atoms with Crippen LogP contribution in [0.15, 0.2) is 109 Å². The van der Waals surface area contributed by atoms with E-state index in [2.05, 4.69) is 34.6 Å². The molecule has 5 aromatic carbocycles. The monoisotopic (exact) mass is 758 g/mol. The fourth-order valence-electron chi connectivity index (χ4n) is 7.91. The van der Waals surface area contributed by atoms with Gasteiger partial charge in [-0.2, -0.15) is 0 Å². The summed E-state index contributed by atoms with van der Waals surface area (Å²) in [5.41, 5.74) is 3.76. The molecule has 6 rings (SSSR count). The molecule has 0 saturated heterocycles. The highest BCUT2D eigenvalue weighted by molar-refractivity contribution is 5.91. The van der Waals surface area contributed by atoms with E-state index in [1.165, 1.54) is 26.4 Å². The third kappa shape index (κ3) is 8.68. The molecule has 6 aromatic rings. The fourth-order valence-corrected chi connectivity index (χ4v) is 7.91. The second kappa shape index (κ2) is 17.8. The number of fused-ring (bicyclic) bond motifs is 1. The number of aliphatic hydroxyl groups is 2. The highest BCUT2D eigenvalue weighted by Crippen LogP contribution is 2.40. The molecule has 56 heavy (non-hydrogen) atoms. The largest absolute Gasteiger partial charge is 0.508 e. The number of carbonyl (C=O) groups excluding carboxylic acids is 1. The van der Waals surface area contributed by atoms with E-state index in [0.29, 0.717) is 48.2 Å². The lowest BCUT2D eigenvalue weighted by molar-refractivity contribution is -0.129. The molecule has 10 heteroatoms. The van der Waals surface area contributed by atoms with Crippen LogP contribution in [0.4, 0.5) is 0 Å². The van der Waals surface area contributed by atoms with Gasteiger partial charge < -0.3 is 45.3 Å². The first-order chi connectivity index (χ1) is 27.1. The zero-order valence-corrected chi connectivity index (χ0v) is 32.0. The minimum atomic E-state index is -1.58. The molecule has 0 fully saturated rings. The Labute approximate surface area is 327 Å². The Morgan fingerprint density at radius 3 is 2.34 bits per heavy atom. The lowest BCUT2D eigenvalue weighted by Gasteiger charge is -2.34. The fraction of sp³-hybridized carbons (Fsp3) is 0.283. The van der Waals surface area contributed by atoms with Gasteiger partial charge in [-0.1, -0.05) is 60.7 Å². The van der Waals surface area contributed by atoms with Gasteiger partial charge in [-0.25, -0.2) is 0 Å². The van der Waals surface area contributed by atoms with Gasteiger partial charge in [0, 0.05) is 37.3 Å². The molecule has 292 valence electrons. The molecule has 3 atom stereocenters. The molecule has 0 amide bonds.